The summed E-state index contributed by atoms with van der Waals surface area (Å²) in [4.78, 5) is 16.5. The summed E-state index contributed by atoms with van der Waals surface area (Å²) < 4.78 is 18.7. The topological polar surface area (TPSA) is 56.9 Å². The summed E-state index contributed by atoms with van der Waals surface area (Å²) in [6.45, 7) is 2.35. The van der Waals surface area contributed by atoms with Crippen LogP contribution in [0.5, 0.6) is 5.75 Å². The number of nitrogens with zero attached hydrogens (tertiary/aromatic N) is 2. The van der Waals surface area contributed by atoms with E-state index in [1.807, 2.05) is 12.1 Å². The molecule has 1 N–H and O–H groups in total. The third-order valence-corrected chi connectivity index (χ3v) is 4.73. The Morgan fingerprint density at radius 2 is 1.63 bits per heavy atom. The fourth-order valence-corrected chi connectivity index (χ4v) is 3.26. The zero-order valence-corrected chi connectivity index (χ0v) is 14.6. The molecule has 3 aromatic rings. The van der Waals surface area contributed by atoms with E-state index in [9.17, 15) is 14.3 Å². The van der Waals surface area contributed by atoms with Gasteiger partial charge >= 0.3 is 0 Å². The summed E-state index contributed by atoms with van der Waals surface area (Å²) in [7, 11) is 0. The molecule has 1 saturated heterocycles. The van der Waals surface area contributed by atoms with Crippen LogP contribution in [-0.4, -0.2) is 42.1 Å². The van der Waals surface area contributed by atoms with Crippen molar-refractivity contribution in [1.82, 2.24) is 4.90 Å². The molecule has 6 heteroatoms. The lowest BCUT2D eigenvalue weighted by molar-refractivity contribution is 0.0715. The Labute approximate surface area is 156 Å². The minimum absolute atomic E-state index is 0.166. The highest BCUT2D eigenvalue weighted by Gasteiger charge is 2.25. The van der Waals surface area contributed by atoms with Crippen LogP contribution in [0.2, 0.25) is 0 Å². The number of hydrogen-bond acceptors (Lipinski definition) is 4. The largest absolute Gasteiger partial charge is 0.506 e. The molecule has 1 aromatic heterocycles. The van der Waals surface area contributed by atoms with Crippen LogP contribution in [0.4, 0.5) is 10.1 Å². The Kier molecular flexibility index (Phi) is 4.54. The van der Waals surface area contributed by atoms with Gasteiger partial charge < -0.3 is 19.3 Å². The Morgan fingerprint density at radius 1 is 0.926 bits per heavy atom. The van der Waals surface area contributed by atoms with Crippen molar-refractivity contribution in [1.29, 1.82) is 0 Å². The maximum absolute atomic E-state index is 13.0. The van der Waals surface area contributed by atoms with E-state index in [-0.39, 0.29) is 23.2 Å². The van der Waals surface area contributed by atoms with Crippen molar-refractivity contribution in [2.45, 2.75) is 0 Å². The van der Waals surface area contributed by atoms with Gasteiger partial charge in [-0.25, -0.2) is 4.39 Å². The molecular formula is C21H19FN2O3. The number of para-hydroxylation sites is 2. The number of piperazine rings is 1. The van der Waals surface area contributed by atoms with Crippen molar-refractivity contribution in [3.8, 4) is 17.1 Å². The number of carbonyl (C=O) groups excluding carboxylic acids is 1. The first-order valence-electron chi connectivity index (χ1n) is 8.80. The molecule has 0 atom stereocenters. The Morgan fingerprint density at radius 3 is 2.33 bits per heavy atom. The first-order valence-corrected chi connectivity index (χ1v) is 8.80. The van der Waals surface area contributed by atoms with Gasteiger partial charge in [-0.2, -0.15) is 0 Å². The predicted molar refractivity (Wildman–Crippen MR) is 100 cm³/mol. The summed E-state index contributed by atoms with van der Waals surface area (Å²) in [6.07, 6.45) is 0. The number of furan rings is 1. The molecule has 1 fully saturated rings. The molecule has 1 amide bonds. The van der Waals surface area contributed by atoms with Gasteiger partial charge in [-0.15, -0.1) is 0 Å². The third-order valence-electron chi connectivity index (χ3n) is 4.73. The SMILES string of the molecule is O=C(c1ccc(-c2ccc(F)cc2)o1)N1CCN(c2ccccc2O)CC1. The minimum atomic E-state index is -0.316. The lowest BCUT2D eigenvalue weighted by Crippen LogP contribution is -2.48. The average Bonchev–Trinajstić information content (AvgIpc) is 3.19. The summed E-state index contributed by atoms with van der Waals surface area (Å²) in [6, 6.07) is 16.5. The molecular weight excluding hydrogens is 347 g/mol. The molecule has 1 aliphatic rings. The van der Waals surface area contributed by atoms with E-state index < -0.39 is 0 Å². The van der Waals surface area contributed by atoms with Crippen LogP contribution >= 0.6 is 0 Å². The van der Waals surface area contributed by atoms with Crippen LogP contribution in [0.3, 0.4) is 0 Å². The molecule has 0 spiro atoms. The van der Waals surface area contributed by atoms with Gasteiger partial charge in [0, 0.05) is 31.7 Å². The van der Waals surface area contributed by atoms with Gasteiger partial charge in [0.1, 0.15) is 17.3 Å². The smallest absolute Gasteiger partial charge is 0.289 e. The van der Waals surface area contributed by atoms with Crippen LogP contribution in [0.25, 0.3) is 11.3 Å². The van der Waals surface area contributed by atoms with Gasteiger partial charge in [0.05, 0.1) is 5.69 Å². The van der Waals surface area contributed by atoms with E-state index in [0.29, 0.717) is 31.9 Å². The summed E-state index contributed by atoms with van der Waals surface area (Å²) in [5.74, 6) is 0.563. The molecule has 138 valence electrons. The van der Waals surface area contributed by atoms with Crippen molar-refractivity contribution >= 4 is 11.6 Å². The van der Waals surface area contributed by atoms with Crippen LogP contribution in [-0.2, 0) is 0 Å². The number of phenols is 1. The Hall–Kier alpha value is -3.28. The monoisotopic (exact) mass is 366 g/mol. The number of anilines is 1. The quantitative estimate of drug-likeness (QED) is 0.767. The minimum Gasteiger partial charge on any atom is -0.506 e. The summed E-state index contributed by atoms with van der Waals surface area (Å²) in [5.41, 5.74) is 1.50. The van der Waals surface area contributed by atoms with E-state index >= 15 is 0 Å². The third kappa shape index (κ3) is 3.51. The van der Waals surface area contributed by atoms with Crippen molar-refractivity contribution < 1.29 is 18.7 Å². The Balaban J connectivity index is 1.43. The highest BCUT2D eigenvalue weighted by Crippen LogP contribution is 2.28. The van der Waals surface area contributed by atoms with E-state index in [2.05, 4.69) is 4.90 Å². The first-order chi connectivity index (χ1) is 13.1. The summed E-state index contributed by atoms with van der Waals surface area (Å²) in [5, 5.41) is 9.98. The second-order valence-electron chi connectivity index (χ2n) is 6.44. The van der Waals surface area contributed by atoms with Gasteiger partial charge in [-0.05, 0) is 48.5 Å². The van der Waals surface area contributed by atoms with E-state index in [0.717, 1.165) is 11.3 Å². The predicted octanol–water partition coefficient (Wildman–Crippen LogP) is 3.75. The number of amides is 1. The Bertz CT molecular complexity index is 944. The maximum Gasteiger partial charge on any atom is 0.289 e. The highest BCUT2D eigenvalue weighted by molar-refractivity contribution is 5.92. The first kappa shape index (κ1) is 17.1. The molecule has 4 rings (SSSR count). The number of hydrogen-bond donors (Lipinski definition) is 1. The molecule has 2 heterocycles. The van der Waals surface area contributed by atoms with Crippen LogP contribution in [0.1, 0.15) is 10.6 Å². The molecule has 0 radical (unpaired) electrons. The number of carbonyl (C=O) groups is 1. The van der Waals surface area contributed by atoms with Gasteiger partial charge in [0.15, 0.2) is 5.76 Å². The van der Waals surface area contributed by atoms with E-state index in [4.69, 9.17) is 4.42 Å². The van der Waals surface area contributed by atoms with Crippen molar-refractivity contribution in [3.63, 3.8) is 0 Å². The molecule has 27 heavy (non-hydrogen) atoms. The van der Waals surface area contributed by atoms with Crippen LogP contribution < -0.4 is 4.90 Å². The average molecular weight is 366 g/mol. The molecule has 0 saturated carbocycles. The van der Waals surface area contributed by atoms with Crippen molar-refractivity contribution in [2.24, 2.45) is 0 Å². The molecule has 0 bridgehead atoms. The number of phenolic OH excluding ortho intramolecular Hbond substituents is 1. The lowest BCUT2D eigenvalue weighted by Gasteiger charge is -2.35. The van der Waals surface area contributed by atoms with Crippen molar-refractivity contribution in [3.05, 3.63) is 72.2 Å². The van der Waals surface area contributed by atoms with Gasteiger partial charge in [0.2, 0.25) is 0 Å². The zero-order chi connectivity index (χ0) is 18.8. The van der Waals surface area contributed by atoms with Crippen molar-refractivity contribution in [2.75, 3.05) is 31.1 Å². The number of benzene rings is 2. The normalized spacial score (nSPS) is 14.4. The lowest BCUT2D eigenvalue weighted by atomic mass is 10.2. The maximum atomic E-state index is 13.0. The highest BCUT2D eigenvalue weighted by atomic mass is 19.1. The zero-order valence-electron chi connectivity index (χ0n) is 14.6. The fraction of sp³-hybridized carbons (Fsp3) is 0.190. The number of halogens is 1. The molecule has 1 aliphatic heterocycles. The number of aromatic hydroxyl groups is 1. The fourth-order valence-electron chi connectivity index (χ4n) is 3.26. The van der Waals surface area contributed by atoms with Gasteiger partial charge in [-0.1, -0.05) is 12.1 Å². The second-order valence-corrected chi connectivity index (χ2v) is 6.44. The number of rotatable bonds is 3. The molecule has 5 nitrogen and oxygen atoms in total. The molecule has 0 unspecified atom stereocenters. The van der Waals surface area contributed by atoms with E-state index in [1.54, 1.807) is 41.3 Å². The van der Waals surface area contributed by atoms with Crippen LogP contribution in [0, 0.1) is 5.82 Å². The van der Waals surface area contributed by atoms with Gasteiger partial charge in [0.25, 0.3) is 5.91 Å². The standard InChI is InChI=1S/C21H19FN2O3/c22-16-7-5-15(6-8-16)19-9-10-20(27-19)21(26)24-13-11-23(12-14-24)17-3-1-2-4-18(17)25/h1-10,25H,11-14H2. The summed E-state index contributed by atoms with van der Waals surface area (Å²) >= 11 is 0. The van der Waals surface area contributed by atoms with Gasteiger partial charge in [-0.3, -0.25) is 4.79 Å². The second kappa shape index (κ2) is 7.15. The van der Waals surface area contributed by atoms with Crippen LogP contribution in [0.15, 0.2) is 65.1 Å². The molecule has 2 aromatic carbocycles. The molecule has 0 aliphatic carbocycles. The van der Waals surface area contributed by atoms with E-state index in [1.165, 1.54) is 12.1 Å².